The first-order chi connectivity index (χ1) is 10.7. The Morgan fingerprint density at radius 3 is 2.95 bits per heavy atom. The maximum atomic E-state index is 12.3. The molecule has 22 heavy (non-hydrogen) atoms. The molecule has 1 saturated heterocycles. The van der Waals surface area contributed by atoms with Crippen LogP contribution in [0.4, 0.5) is 0 Å². The zero-order chi connectivity index (χ0) is 15.4. The van der Waals surface area contributed by atoms with Crippen LogP contribution >= 0.6 is 0 Å². The third-order valence-electron chi connectivity index (χ3n) is 3.76. The normalized spacial score (nSPS) is 16.7. The maximum Gasteiger partial charge on any atom is 0.244 e. The van der Waals surface area contributed by atoms with E-state index < -0.39 is 0 Å². The summed E-state index contributed by atoms with van der Waals surface area (Å²) in [7, 11) is 0. The monoisotopic (exact) mass is 304 g/mol. The van der Waals surface area contributed by atoms with Crippen LogP contribution in [0.1, 0.15) is 17.9 Å². The molecule has 0 saturated carbocycles. The van der Waals surface area contributed by atoms with E-state index in [1.807, 2.05) is 18.0 Å². The summed E-state index contributed by atoms with van der Waals surface area (Å²) in [4.78, 5) is 24.1. The van der Waals surface area contributed by atoms with Gasteiger partial charge in [0.25, 0.3) is 0 Å². The first-order valence-electron chi connectivity index (χ1n) is 7.42. The van der Waals surface area contributed by atoms with Gasteiger partial charge in [-0.05, 0) is 23.8 Å². The van der Waals surface area contributed by atoms with Gasteiger partial charge in [0.2, 0.25) is 5.91 Å². The summed E-state index contributed by atoms with van der Waals surface area (Å²) in [6.45, 7) is 6.30. The lowest BCUT2D eigenvalue weighted by Crippen LogP contribution is -2.37. The molecule has 1 fully saturated rings. The van der Waals surface area contributed by atoms with Crippen LogP contribution in [0, 0.1) is 6.92 Å². The molecule has 9 heteroatoms. The second kappa shape index (κ2) is 6.65. The van der Waals surface area contributed by atoms with Crippen molar-refractivity contribution in [3.05, 3.63) is 24.0 Å². The molecule has 3 heterocycles. The van der Waals surface area contributed by atoms with Crippen LogP contribution in [0.5, 0.6) is 0 Å². The maximum absolute atomic E-state index is 12.3. The van der Waals surface area contributed by atoms with Crippen molar-refractivity contribution in [3.8, 4) is 0 Å². The number of carbonyl (C=O) groups is 1. The summed E-state index contributed by atoms with van der Waals surface area (Å²) in [5.41, 5.74) is 1.07. The van der Waals surface area contributed by atoms with Crippen molar-refractivity contribution in [2.45, 2.75) is 26.4 Å². The van der Waals surface area contributed by atoms with E-state index in [1.165, 1.54) is 11.0 Å². The number of rotatable bonds is 4. The largest absolute Gasteiger partial charge is 0.345 e. The molecule has 3 rings (SSSR count). The van der Waals surface area contributed by atoms with E-state index >= 15 is 0 Å². The molecular weight excluding hydrogens is 284 g/mol. The minimum Gasteiger partial charge on any atom is -0.345 e. The first kappa shape index (κ1) is 14.6. The molecule has 0 radical (unpaired) electrons. The van der Waals surface area contributed by atoms with Crippen LogP contribution in [0.15, 0.2) is 12.5 Å². The van der Waals surface area contributed by atoms with Gasteiger partial charge >= 0.3 is 0 Å². The SMILES string of the molecule is Cc1cnc(CN2CCCN(C(=O)Cn3cnnn3)CC2)[nH]1. The lowest BCUT2D eigenvalue weighted by atomic mass is 10.3. The third-order valence-corrected chi connectivity index (χ3v) is 3.76. The lowest BCUT2D eigenvalue weighted by Gasteiger charge is -2.21. The number of H-pyrrole nitrogens is 1. The Bertz CT molecular complexity index is 607. The summed E-state index contributed by atoms with van der Waals surface area (Å²) < 4.78 is 1.45. The van der Waals surface area contributed by atoms with Crippen molar-refractivity contribution in [2.75, 3.05) is 26.2 Å². The number of imidazole rings is 1. The molecule has 118 valence electrons. The molecule has 1 N–H and O–H groups in total. The van der Waals surface area contributed by atoms with Gasteiger partial charge in [-0.2, -0.15) is 0 Å². The number of aryl methyl sites for hydroxylation is 1. The first-order valence-corrected chi connectivity index (χ1v) is 7.42. The van der Waals surface area contributed by atoms with Crippen LogP contribution in [-0.4, -0.2) is 72.1 Å². The lowest BCUT2D eigenvalue weighted by molar-refractivity contribution is -0.131. The predicted molar refractivity (Wildman–Crippen MR) is 77.6 cm³/mol. The minimum absolute atomic E-state index is 0.0583. The number of nitrogens with zero attached hydrogens (tertiary/aromatic N) is 7. The number of amides is 1. The molecule has 0 bridgehead atoms. The zero-order valence-corrected chi connectivity index (χ0v) is 12.6. The van der Waals surface area contributed by atoms with Crippen LogP contribution in [0.3, 0.4) is 0 Å². The molecule has 0 atom stereocenters. The molecule has 0 spiro atoms. The van der Waals surface area contributed by atoms with Crippen LogP contribution in [0.25, 0.3) is 0 Å². The van der Waals surface area contributed by atoms with Gasteiger partial charge in [-0.15, -0.1) is 5.10 Å². The number of nitrogens with one attached hydrogen (secondary N) is 1. The summed E-state index contributed by atoms with van der Waals surface area (Å²) in [6, 6.07) is 0. The Balaban J connectivity index is 1.52. The van der Waals surface area contributed by atoms with E-state index in [4.69, 9.17) is 0 Å². The second-order valence-electron chi connectivity index (χ2n) is 5.53. The number of aromatic amines is 1. The standard InChI is InChI=1S/C13H20N8O/c1-11-7-14-12(16-11)8-19-3-2-4-20(6-5-19)13(22)9-21-10-15-17-18-21/h7,10H,2-6,8-9H2,1H3,(H,14,16). The Labute approximate surface area is 128 Å². The molecule has 0 aromatic carbocycles. The highest BCUT2D eigenvalue weighted by molar-refractivity contribution is 5.75. The number of hydrogen-bond acceptors (Lipinski definition) is 6. The molecular formula is C13H20N8O. The van der Waals surface area contributed by atoms with Gasteiger partial charge in [0.15, 0.2) is 0 Å². The fourth-order valence-corrected chi connectivity index (χ4v) is 2.63. The van der Waals surface area contributed by atoms with E-state index in [-0.39, 0.29) is 12.5 Å². The number of carbonyl (C=O) groups excluding carboxylic acids is 1. The molecule has 0 aliphatic carbocycles. The van der Waals surface area contributed by atoms with Gasteiger partial charge in [0.05, 0.1) is 6.54 Å². The molecule has 1 amide bonds. The van der Waals surface area contributed by atoms with E-state index in [2.05, 4.69) is 30.4 Å². The summed E-state index contributed by atoms with van der Waals surface area (Å²) >= 11 is 0. The van der Waals surface area contributed by atoms with Crippen molar-refractivity contribution >= 4 is 5.91 Å². The fourth-order valence-electron chi connectivity index (χ4n) is 2.63. The molecule has 1 aliphatic rings. The molecule has 2 aromatic heterocycles. The fraction of sp³-hybridized carbons (Fsp3) is 0.615. The third kappa shape index (κ3) is 3.67. The highest BCUT2D eigenvalue weighted by atomic mass is 16.2. The zero-order valence-electron chi connectivity index (χ0n) is 12.6. The van der Waals surface area contributed by atoms with Crippen molar-refractivity contribution in [1.82, 2.24) is 40.0 Å². The van der Waals surface area contributed by atoms with Gasteiger partial charge in [0, 0.05) is 38.1 Å². The average molecular weight is 304 g/mol. The highest BCUT2D eigenvalue weighted by Gasteiger charge is 2.20. The van der Waals surface area contributed by atoms with Gasteiger partial charge in [-0.25, -0.2) is 9.67 Å². The topological polar surface area (TPSA) is 95.8 Å². The van der Waals surface area contributed by atoms with E-state index in [0.717, 1.165) is 50.7 Å². The van der Waals surface area contributed by atoms with Crippen LogP contribution in [0.2, 0.25) is 0 Å². The average Bonchev–Trinajstić information content (AvgIpc) is 3.07. The molecule has 1 aliphatic heterocycles. The Morgan fingerprint density at radius 2 is 2.23 bits per heavy atom. The predicted octanol–water partition coefficient (Wildman–Crippen LogP) is -0.561. The molecule has 0 unspecified atom stereocenters. The Hall–Kier alpha value is -2.29. The van der Waals surface area contributed by atoms with Crippen LogP contribution < -0.4 is 0 Å². The molecule has 2 aromatic rings. The van der Waals surface area contributed by atoms with E-state index in [0.29, 0.717) is 0 Å². The summed E-state index contributed by atoms with van der Waals surface area (Å²) in [5.74, 6) is 1.04. The van der Waals surface area contributed by atoms with Crippen molar-refractivity contribution < 1.29 is 4.79 Å². The van der Waals surface area contributed by atoms with Crippen molar-refractivity contribution in [2.24, 2.45) is 0 Å². The highest BCUT2D eigenvalue weighted by Crippen LogP contribution is 2.08. The summed E-state index contributed by atoms with van der Waals surface area (Å²) in [6.07, 6.45) is 4.26. The smallest absolute Gasteiger partial charge is 0.244 e. The van der Waals surface area contributed by atoms with E-state index in [9.17, 15) is 4.79 Å². The number of aromatic nitrogens is 6. The van der Waals surface area contributed by atoms with Crippen molar-refractivity contribution in [1.29, 1.82) is 0 Å². The van der Waals surface area contributed by atoms with Gasteiger partial charge in [-0.3, -0.25) is 9.69 Å². The van der Waals surface area contributed by atoms with Gasteiger partial charge < -0.3 is 9.88 Å². The second-order valence-corrected chi connectivity index (χ2v) is 5.53. The van der Waals surface area contributed by atoms with Gasteiger partial charge in [0.1, 0.15) is 18.7 Å². The number of tetrazole rings is 1. The quantitative estimate of drug-likeness (QED) is 0.813. The van der Waals surface area contributed by atoms with Gasteiger partial charge in [-0.1, -0.05) is 0 Å². The minimum atomic E-state index is 0.0583. The Morgan fingerprint density at radius 1 is 1.32 bits per heavy atom. The van der Waals surface area contributed by atoms with Crippen molar-refractivity contribution in [3.63, 3.8) is 0 Å². The Kier molecular flexibility index (Phi) is 4.42. The van der Waals surface area contributed by atoms with E-state index in [1.54, 1.807) is 0 Å². The number of hydrogen-bond donors (Lipinski definition) is 1. The molecule has 9 nitrogen and oxygen atoms in total. The summed E-state index contributed by atoms with van der Waals surface area (Å²) in [5, 5.41) is 10.8. The van der Waals surface area contributed by atoms with Crippen LogP contribution in [-0.2, 0) is 17.9 Å².